The normalized spacial score (nSPS) is 27.6. The van der Waals surface area contributed by atoms with E-state index in [-0.39, 0.29) is 0 Å². The Labute approximate surface area is 105 Å². The van der Waals surface area contributed by atoms with Gasteiger partial charge in [-0.1, -0.05) is 20.3 Å². The van der Waals surface area contributed by atoms with Crippen LogP contribution in [0.1, 0.15) is 40.0 Å². The van der Waals surface area contributed by atoms with Crippen molar-refractivity contribution in [2.45, 2.75) is 52.1 Å². The first-order chi connectivity index (χ1) is 7.63. The Hall–Kier alpha value is 0.270. The lowest BCUT2D eigenvalue weighted by Crippen LogP contribution is -2.41. The smallest absolute Gasteiger partial charge is 0.0474 e. The summed E-state index contributed by atoms with van der Waals surface area (Å²) in [7, 11) is 0. The standard InChI is InChI=1S/C13H27NOS/c1-10(2)8-16-9-11(3)14-13-6-4-5-12(13)7-15/h10-15H,4-9H2,1-3H3. The highest BCUT2D eigenvalue weighted by atomic mass is 32.2. The average Bonchev–Trinajstić information content (AvgIpc) is 2.64. The van der Waals surface area contributed by atoms with Gasteiger partial charge in [-0.3, -0.25) is 0 Å². The van der Waals surface area contributed by atoms with E-state index in [0.717, 1.165) is 5.92 Å². The molecule has 1 saturated carbocycles. The van der Waals surface area contributed by atoms with E-state index in [4.69, 9.17) is 0 Å². The van der Waals surface area contributed by atoms with E-state index < -0.39 is 0 Å². The molecule has 0 amide bonds. The monoisotopic (exact) mass is 245 g/mol. The van der Waals surface area contributed by atoms with Crippen molar-refractivity contribution in [3.05, 3.63) is 0 Å². The minimum atomic E-state index is 0.351. The predicted octanol–water partition coefficient (Wildman–Crippen LogP) is 2.51. The fourth-order valence-corrected chi connectivity index (χ4v) is 3.43. The zero-order valence-corrected chi connectivity index (χ0v) is 11.7. The van der Waals surface area contributed by atoms with Crippen molar-refractivity contribution in [2.24, 2.45) is 11.8 Å². The number of rotatable bonds is 7. The Kier molecular flexibility index (Phi) is 6.78. The number of thioether (sulfide) groups is 1. The van der Waals surface area contributed by atoms with Gasteiger partial charge in [0.25, 0.3) is 0 Å². The van der Waals surface area contributed by atoms with Crippen LogP contribution in [0.4, 0.5) is 0 Å². The minimum absolute atomic E-state index is 0.351. The van der Waals surface area contributed by atoms with Crippen LogP contribution in [0.5, 0.6) is 0 Å². The molecule has 3 atom stereocenters. The molecule has 0 aliphatic heterocycles. The van der Waals surface area contributed by atoms with Crippen LogP contribution in [0, 0.1) is 11.8 Å². The van der Waals surface area contributed by atoms with Gasteiger partial charge in [-0.25, -0.2) is 0 Å². The maximum Gasteiger partial charge on any atom is 0.0474 e. The van der Waals surface area contributed by atoms with Gasteiger partial charge in [0.2, 0.25) is 0 Å². The van der Waals surface area contributed by atoms with Gasteiger partial charge in [-0.2, -0.15) is 11.8 Å². The molecule has 3 unspecified atom stereocenters. The second-order valence-electron chi connectivity index (χ2n) is 5.48. The molecular weight excluding hydrogens is 218 g/mol. The molecule has 2 nitrogen and oxygen atoms in total. The summed E-state index contributed by atoms with van der Waals surface area (Å²) in [6, 6.07) is 1.13. The molecule has 0 spiro atoms. The lowest BCUT2D eigenvalue weighted by Gasteiger charge is -2.23. The van der Waals surface area contributed by atoms with E-state index in [2.05, 4.69) is 26.1 Å². The van der Waals surface area contributed by atoms with Gasteiger partial charge >= 0.3 is 0 Å². The van der Waals surface area contributed by atoms with Crippen LogP contribution in [-0.2, 0) is 0 Å². The Balaban J connectivity index is 2.15. The summed E-state index contributed by atoms with van der Waals surface area (Å²) in [6.45, 7) is 7.15. The molecule has 0 saturated heterocycles. The summed E-state index contributed by atoms with van der Waals surface area (Å²) in [5.74, 6) is 3.72. The van der Waals surface area contributed by atoms with Crippen molar-refractivity contribution in [3.8, 4) is 0 Å². The van der Waals surface area contributed by atoms with Gasteiger partial charge in [-0.15, -0.1) is 0 Å². The molecule has 1 fully saturated rings. The molecule has 2 N–H and O–H groups in total. The maximum absolute atomic E-state index is 9.25. The summed E-state index contributed by atoms with van der Waals surface area (Å²) >= 11 is 2.04. The molecule has 3 heteroatoms. The summed E-state index contributed by atoms with van der Waals surface area (Å²) < 4.78 is 0. The second kappa shape index (κ2) is 7.57. The molecule has 1 aliphatic carbocycles. The van der Waals surface area contributed by atoms with Crippen molar-refractivity contribution in [1.29, 1.82) is 0 Å². The zero-order valence-electron chi connectivity index (χ0n) is 10.9. The average molecular weight is 245 g/mol. The molecular formula is C13H27NOS. The summed E-state index contributed by atoms with van der Waals surface area (Å²) in [5.41, 5.74) is 0. The van der Waals surface area contributed by atoms with Gasteiger partial charge in [-0.05, 0) is 37.4 Å². The highest BCUT2D eigenvalue weighted by molar-refractivity contribution is 7.99. The number of hydrogen-bond acceptors (Lipinski definition) is 3. The highest BCUT2D eigenvalue weighted by Gasteiger charge is 2.27. The van der Waals surface area contributed by atoms with E-state index in [0.29, 0.717) is 24.6 Å². The third-order valence-corrected chi connectivity index (χ3v) is 4.85. The van der Waals surface area contributed by atoms with Gasteiger partial charge in [0.05, 0.1) is 0 Å². The van der Waals surface area contributed by atoms with Crippen LogP contribution in [0.3, 0.4) is 0 Å². The largest absolute Gasteiger partial charge is 0.396 e. The SMILES string of the molecule is CC(C)CSCC(C)NC1CCCC1CO. The molecule has 1 aliphatic rings. The lowest BCUT2D eigenvalue weighted by atomic mass is 10.0. The minimum Gasteiger partial charge on any atom is -0.396 e. The van der Waals surface area contributed by atoms with Crippen LogP contribution in [0.2, 0.25) is 0 Å². The molecule has 0 aromatic rings. The van der Waals surface area contributed by atoms with Gasteiger partial charge in [0.1, 0.15) is 0 Å². The second-order valence-corrected chi connectivity index (χ2v) is 6.55. The van der Waals surface area contributed by atoms with Crippen molar-refractivity contribution in [1.82, 2.24) is 5.32 Å². The highest BCUT2D eigenvalue weighted by Crippen LogP contribution is 2.25. The summed E-state index contributed by atoms with van der Waals surface area (Å²) in [6.07, 6.45) is 3.71. The summed E-state index contributed by atoms with van der Waals surface area (Å²) in [5, 5.41) is 12.9. The molecule has 16 heavy (non-hydrogen) atoms. The van der Waals surface area contributed by atoms with E-state index in [1.165, 1.54) is 30.8 Å². The third-order valence-electron chi connectivity index (χ3n) is 3.21. The van der Waals surface area contributed by atoms with E-state index in [1.807, 2.05) is 11.8 Å². The molecule has 1 rings (SSSR count). The molecule has 0 bridgehead atoms. The maximum atomic E-state index is 9.25. The first kappa shape index (κ1) is 14.3. The van der Waals surface area contributed by atoms with E-state index in [1.54, 1.807) is 0 Å². The van der Waals surface area contributed by atoms with Crippen LogP contribution in [0.25, 0.3) is 0 Å². The van der Waals surface area contributed by atoms with E-state index in [9.17, 15) is 5.11 Å². The molecule has 0 aromatic carbocycles. The number of aliphatic hydroxyl groups excluding tert-OH is 1. The Morgan fingerprint density at radius 2 is 2.00 bits per heavy atom. The number of hydrogen-bond donors (Lipinski definition) is 2. The zero-order chi connectivity index (χ0) is 12.0. The molecule has 0 radical (unpaired) electrons. The van der Waals surface area contributed by atoms with Gasteiger partial charge < -0.3 is 10.4 Å². The number of aliphatic hydroxyl groups is 1. The molecule has 0 aromatic heterocycles. The molecule has 96 valence electrons. The van der Waals surface area contributed by atoms with Gasteiger partial charge in [0.15, 0.2) is 0 Å². The van der Waals surface area contributed by atoms with Crippen molar-refractivity contribution in [3.63, 3.8) is 0 Å². The fraction of sp³-hybridized carbons (Fsp3) is 1.00. The Morgan fingerprint density at radius 1 is 1.25 bits per heavy atom. The van der Waals surface area contributed by atoms with Crippen LogP contribution in [-0.4, -0.2) is 35.3 Å². The van der Waals surface area contributed by atoms with Crippen molar-refractivity contribution in [2.75, 3.05) is 18.1 Å². The third kappa shape index (κ3) is 5.07. The Bertz CT molecular complexity index is 187. The Morgan fingerprint density at radius 3 is 2.62 bits per heavy atom. The van der Waals surface area contributed by atoms with Crippen molar-refractivity contribution < 1.29 is 5.11 Å². The molecule has 0 heterocycles. The summed E-state index contributed by atoms with van der Waals surface area (Å²) in [4.78, 5) is 0. The van der Waals surface area contributed by atoms with Crippen LogP contribution >= 0.6 is 11.8 Å². The first-order valence-corrected chi connectivity index (χ1v) is 7.73. The van der Waals surface area contributed by atoms with E-state index >= 15 is 0 Å². The van der Waals surface area contributed by atoms with Crippen LogP contribution in [0.15, 0.2) is 0 Å². The first-order valence-electron chi connectivity index (χ1n) is 6.58. The number of nitrogens with one attached hydrogen (secondary N) is 1. The topological polar surface area (TPSA) is 32.3 Å². The fourth-order valence-electron chi connectivity index (χ4n) is 2.37. The quantitative estimate of drug-likeness (QED) is 0.723. The lowest BCUT2D eigenvalue weighted by molar-refractivity contribution is 0.202. The van der Waals surface area contributed by atoms with Crippen LogP contribution < -0.4 is 5.32 Å². The predicted molar refractivity (Wildman–Crippen MR) is 73.0 cm³/mol. The van der Waals surface area contributed by atoms with Crippen molar-refractivity contribution >= 4 is 11.8 Å². The van der Waals surface area contributed by atoms with Gasteiger partial charge in [0, 0.05) is 24.4 Å².